The van der Waals surface area contributed by atoms with Crippen molar-refractivity contribution >= 4 is 5.84 Å². The van der Waals surface area contributed by atoms with Crippen LogP contribution in [-0.4, -0.2) is 38.7 Å². The van der Waals surface area contributed by atoms with E-state index in [1.165, 1.54) is 12.3 Å². The monoisotopic (exact) mass is 233 g/mol. The molecule has 2 atom stereocenters. The molecule has 0 radical (unpaired) electrons. The van der Waals surface area contributed by atoms with Gasteiger partial charge in [0, 0.05) is 6.42 Å². The zero-order valence-electron chi connectivity index (χ0n) is 10.5. The third kappa shape index (κ3) is 1.64. The summed E-state index contributed by atoms with van der Waals surface area (Å²) in [6.07, 6.45) is 13.6. The van der Waals surface area contributed by atoms with E-state index in [1.807, 2.05) is 0 Å². The van der Waals surface area contributed by atoms with Gasteiger partial charge in [-0.25, -0.2) is 9.48 Å². The van der Waals surface area contributed by atoms with Gasteiger partial charge in [-0.1, -0.05) is 13.0 Å². The van der Waals surface area contributed by atoms with Gasteiger partial charge >= 0.3 is 0 Å². The highest BCUT2D eigenvalue weighted by Crippen LogP contribution is 2.34. The third-order valence-electron chi connectivity index (χ3n) is 4.13. The Morgan fingerprint density at radius 1 is 1.53 bits per heavy atom. The van der Waals surface area contributed by atoms with Crippen molar-refractivity contribution < 1.29 is 9.68 Å². The molecular formula is C14H21N2O+. The molecule has 0 aromatic heterocycles. The van der Waals surface area contributed by atoms with Gasteiger partial charge in [0.1, 0.15) is 6.04 Å². The zero-order valence-corrected chi connectivity index (χ0v) is 10.5. The molecule has 0 fully saturated rings. The Kier molecular flexibility index (Phi) is 2.58. The van der Waals surface area contributed by atoms with Crippen LogP contribution in [-0.2, 0) is 0 Å². The minimum Gasteiger partial charge on any atom is -0.353 e. The fourth-order valence-corrected chi connectivity index (χ4v) is 3.44. The topological polar surface area (TPSA) is 26.5 Å². The maximum atomic E-state index is 10.9. The molecule has 2 unspecified atom stereocenters. The SMILES string of the molecule is CCCC1(O)CC2C=CC=CN2C2=[N+]1CCC2. The minimum atomic E-state index is -0.614. The van der Waals surface area contributed by atoms with E-state index in [1.54, 1.807) is 0 Å². The zero-order chi connectivity index (χ0) is 11.9. The van der Waals surface area contributed by atoms with Crippen molar-refractivity contribution in [3.05, 3.63) is 24.4 Å². The van der Waals surface area contributed by atoms with Crippen molar-refractivity contribution in [1.29, 1.82) is 0 Å². The lowest BCUT2D eigenvalue weighted by molar-refractivity contribution is -0.664. The average molecular weight is 233 g/mol. The van der Waals surface area contributed by atoms with Crippen LogP contribution in [0.15, 0.2) is 24.4 Å². The Labute approximate surface area is 103 Å². The minimum absolute atomic E-state index is 0.348. The van der Waals surface area contributed by atoms with Crippen molar-refractivity contribution in [2.45, 2.75) is 50.8 Å². The van der Waals surface area contributed by atoms with Crippen LogP contribution >= 0.6 is 0 Å². The van der Waals surface area contributed by atoms with E-state index in [9.17, 15) is 5.11 Å². The number of hydrogen-bond donors (Lipinski definition) is 1. The summed E-state index contributed by atoms with van der Waals surface area (Å²) in [5.41, 5.74) is -0.614. The molecule has 3 aliphatic heterocycles. The maximum Gasteiger partial charge on any atom is 0.254 e. The van der Waals surface area contributed by atoms with Gasteiger partial charge in [0.05, 0.1) is 25.6 Å². The molecule has 0 amide bonds. The molecule has 3 heteroatoms. The van der Waals surface area contributed by atoms with Crippen molar-refractivity contribution in [3.63, 3.8) is 0 Å². The molecule has 0 aromatic rings. The number of amidine groups is 1. The fourth-order valence-electron chi connectivity index (χ4n) is 3.44. The van der Waals surface area contributed by atoms with Gasteiger partial charge < -0.3 is 5.11 Å². The quantitative estimate of drug-likeness (QED) is 0.737. The molecule has 1 N–H and O–H groups in total. The normalized spacial score (nSPS) is 35.2. The lowest BCUT2D eigenvalue weighted by Crippen LogP contribution is -2.56. The summed E-state index contributed by atoms with van der Waals surface area (Å²) < 4.78 is 2.25. The molecule has 0 aromatic carbocycles. The molecule has 3 nitrogen and oxygen atoms in total. The number of aliphatic hydroxyl groups is 1. The first kappa shape index (κ1) is 11.0. The molecule has 3 heterocycles. The van der Waals surface area contributed by atoms with Crippen LogP contribution < -0.4 is 0 Å². The van der Waals surface area contributed by atoms with Gasteiger partial charge in [0.2, 0.25) is 5.72 Å². The number of nitrogens with zero attached hydrogens (tertiary/aromatic N) is 2. The van der Waals surface area contributed by atoms with Crippen LogP contribution in [0, 0.1) is 0 Å². The smallest absolute Gasteiger partial charge is 0.254 e. The van der Waals surface area contributed by atoms with Crippen molar-refractivity contribution in [2.75, 3.05) is 6.54 Å². The van der Waals surface area contributed by atoms with Gasteiger partial charge in [-0.3, -0.25) is 0 Å². The van der Waals surface area contributed by atoms with Gasteiger partial charge in [0.25, 0.3) is 5.84 Å². The Balaban J connectivity index is 2.01. The molecule has 92 valence electrons. The molecule has 0 saturated heterocycles. The van der Waals surface area contributed by atoms with Crippen LogP contribution in [0.4, 0.5) is 0 Å². The molecule has 3 rings (SSSR count). The summed E-state index contributed by atoms with van der Waals surface area (Å²) in [5.74, 6) is 1.32. The van der Waals surface area contributed by atoms with Gasteiger partial charge in [0.15, 0.2) is 0 Å². The second-order valence-corrected chi connectivity index (χ2v) is 5.31. The molecule has 17 heavy (non-hydrogen) atoms. The highest BCUT2D eigenvalue weighted by molar-refractivity contribution is 5.81. The first-order valence-corrected chi connectivity index (χ1v) is 6.74. The largest absolute Gasteiger partial charge is 0.353 e. The Hall–Kier alpha value is -1.09. The van der Waals surface area contributed by atoms with Gasteiger partial charge in [-0.2, -0.15) is 0 Å². The lowest BCUT2D eigenvalue weighted by Gasteiger charge is -2.39. The number of hydrogen-bond acceptors (Lipinski definition) is 2. The standard InChI is InChI=1S/C14H21N2O/c1-2-8-14(17)11-12-6-3-4-9-15(12)13-7-5-10-16(13)14/h3-4,6,9,12,17H,2,5,7-8,10-11H2,1H3/q+1. The van der Waals surface area contributed by atoms with Crippen molar-refractivity contribution in [3.8, 4) is 0 Å². The highest BCUT2D eigenvalue weighted by atomic mass is 16.3. The van der Waals surface area contributed by atoms with E-state index < -0.39 is 5.72 Å². The average Bonchev–Trinajstić information content (AvgIpc) is 2.79. The van der Waals surface area contributed by atoms with Crippen LogP contribution in [0.3, 0.4) is 0 Å². The van der Waals surface area contributed by atoms with Gasteiger partial charge in [-0.15, -0.1) is 0 Å². The molecule has 0 bridgehead atoms. The van der Waals surface area contributed by atoms with Crippen molar-refractivity contribution in [2.24, 2.45) is 0 Å². The Bertz CT molecular complexity index is 410. The predicted molar refractivity (Wildman–Crippen MR) is 67.8 cm³/mol. The number of allylic oxidation sites excluding steroid dienone is 2. The van der Waals surface area contributed by atoms with Crippen LogP contribution in [0.5, 0.6) is 0 Å². The van der Waals surface area contributed by atoms with E-state index in [4.69, 9.17) is 0 Å². The van der Waals surface area contributed by atoms with Crippen molar-refractivity contribution in [1.82, 2.24) is 4.90 Å². The number of fused-ring (bicyclic) bond motifs is 2. The molecule has 0 spiro atoms. The molecular weight excluding hydrogens is 212 g/mol. The summed E-state index contributed by atoms with van der Waals surface area (Å²) in [5, 5.41) is 10.9. The first-order chi connectivity index (χ1) is 8.24. The summed E-state index contributed by atoms with van der Waals surface area (Å²) in [6.45, 7) is 3.16. The summed E-state index contributed by atoms with van der Waals surface area (Å²) in [7, 11) is 0. The highest BCUT2D eigenvalue weighted by Gasteiger charge is 2.49. The molecule has 3 aliphatic rings. The van der Waals surface area contributed by atoms with Crippen LogP contribution in [0.2, 0.25) is 0 Å². The second kappa shape index (κ2) is 3.98. The molecule has 0 saturated carbocycles. The summed E-state index contributed by atoms with van der Waals surface area (Å²) in [4.78, 5) is 2.34. The first-order valence-electron chi connectivity index (χ1n) is 6.74. The Morgan fingerprint density at radius 3 is 3.24 bits per heavy atom. The summed E-state index contributed by atoms with van der Waals surface area (Å²) in [6, 6.07) is 0.348. The maximum absolute atomic E-state index is 10.9. The second-order valence-electron chi connectivity index (χ2n) is 5.31. The number of rotatable bonds is 2. The summed E-state index contributed by atoms with van der Waals surface area (Å²) >= 11 is 0. The lowest BCUT2D eigenvalue weighted by atomic mass is 9.93. The van der Waals surface area contributed by atoms with E-state index >= 15 is 0 Å². The fraction of sp³-hybridized carbons (Fsp3) is 0.643. The van der Waals surface area contributed by atoms with Crippen LogP contribution in [0.1, 0.15) is 39.0 Å². The van der Waals surface area contributed by atoms with Crippen LogP contribution in [0.25, 0.3) is 0 Å². The molecule has 0 aliphatic carbocycles. The third-order valence-corrected chi connectivity index (χ3v) is 4.13. The van der Waals surface area contributed by atoms with E-state index in [2.05, 4.69) is 40.8 Å². The van der Waals surface area contributed by atoms with E-state index in [0.717, 1.165) is 32.2 Å². The van der Waals surface area contributed by atoms with Gasteiger partial charge in [-0.05, 0) is 25.0 Å². The van der Waals surface area contributed by atoms with E-state index in [-0.39, 0.29) is 0 Å². The van der Waals surface area contributed by atoms with E-state index in [0.29, 0.717) is 6.04 Å². The predicted octanol–water partition coefficient (Wildman–Crippen LogP) is 1.84. The Morgan fingerprint density at radius 2 is 2.41 bits per heavy atom.